The molecule has 13 heteroatoms. The zero-order chi connectivity index (χ0) is 32.1. The van der Waals surface area contributed by atoms with Gasteiger partial charge in [0.05, 0.1) is 31.1 Å². The number of nitrogens with one attached hydrogen (secondary N) is 1. The molecule has 1 aliphatic heterocycles. The number of amides is 1. The molecule has 12 nitrogen and oxygen atoms in total. The maximum Gasteiger partial charge on any atom is 0.281 e. The molecule has 1 saturated heterocycles. The van der Waals surface area contributed by atoms with E-state index in [4.69, 9.17) is 25.2 Å². The lowest BCUT2D eigenvalue weighted by Gasteiger charge is -2.34. The fraction of sp³-hybridized carbons (Fsp3) is 0.484. The number of ether oxygens (including phenoxy) is 2. The number of hydrogen-bond donors (Lipinski definition) is 2. The second-order valence-corrected chi connectivity index (χ2v) is 13.4. The topological polar surface area (TPSA) is 153 Å². The molecule has 1 aliphatic rings. The molecule has 0 bridgehead atoms. The van der Waals surface area contributed by atoms with Crippen LogP contribution in [0.1, 0.15) is 50.0 Å². The average molecular weight is 626 g/mol. The van der Waals surface area contributed by atoms with Gasteiger partial charge in [-0.2, -0.15) is 8.42 Å². The molecule has 0 spiro atoms. The van der Waals surface area contributed by atoms with Crippen molar-refractivity contribution in [3.05, 3.63) is 53.7 Å². The SMILES string of the molecule is CCOCCOCCN(C)c1ncc(-c2ccc(C(=O)NS(=O)(=O)c3cccc(N)n3)c(N3C[C@@H](C)CC3(C)C)n2)cc1C. The highest BCUT2D eigenvalue weighted by molar-refractivity contribution is 7.90. The van der Waals surface area contributed by atoms with Crippen LogP contribution in [0.25, 0.3) is 11.3 Å². The Morgan fingerprint density at radius 2 is 1.91 bits per heavy atom. The van der Waals surface area contributed by atoms with Crippen molar-refractivity contribution in [3.8, 4) is 11.3 Å². The third-order valence-electron chi connectivity index (χ3n) is 7.55. The van der Waals surface area contributed by atoms with E-state index < -0.39 is 15.9 Å². The van der Waals surface area contributed by atoms with Gasteiger partial charge in [0.25, 0.3) is 15.9 Å². The van der Waals surface area contributed by atoms with Gasteiger partial charge in [0, 0.05) is 44.0 Å². The van der Waals surface area contributed by atoms with Crippen molar-refractivity contribution < 1.29 is 22.7 Å². The second-order valence-electron chi connectivity index (χ2n) is 11.7. The van der Waals surface area contributed by atoms with Gasteiger partial charge in [-0.15, -0.1) is 0 Å². The van der Waals surface area contributed by atoms with Crippen LogP contribution in [-0.2, 0) is 19.5 Å². The van der Waals surface area contributed by atoms with Crippen LogP contribution in [0.3, 0.4) is 0 Å². The van der Waals surface area contributed by atoms with E-state index in [9.17, 15) is 13.2 Å². The number of aryl methyl sites for hydroxylation is 1. The first kappa shape index (κ1) is 33.1. The van der Waals surface area contributed by atoms with Crippen LogP contribution < -0.4 is 20.3 Å². The minimum atomic E-state index is -4.27. The molecule has 0 saturated carbocycles. The smallest absolute Gasteiger partial charge is 0.281 e. The Kier molecular flexibility index (Phi) is 10.4. The highest BCUT2D eigenvalue weighted by atomic mass is 32.2. The maximum atomic E-state index is 13.5. The lowest BCUT2D eigenvalue weighted by atomic mass is 9.97. The van der Waals surface area contributed by atoms with Gasteiger partial charge in [-0.1, -0.05) is 13.0 Å². The molecule has 0 aromatic carbocycles. The number of hydrogen-bond acceptors (Lipinski definition) is 11. The number of pyridine rings is 3. The van der Waals surface area contributed by atoms with Crippen molar-refractivity contribution in [3.63, 3.8) is 0 Å². The molecule has 1 amide bonds. The quantitative estimate of drug-likeness (QED) is 0.268. The summed E-state index contributed by atoms with van der Waals surface area (Å²) in [7, 11) is -2.30. The molecule has 238 valence electrons. The first-order chi connectivity index (χ1) is 20.8. The zero-order valence-corrected chi connectivity index (χ0v) is 27.1. The van der Waals surface area contributed by atoms with Gasteiger partial charge in [0.1, 0.15) is 17.5 Å². The van der Waals surface area contributed by atoms with E-state index >= 15 is 0 Å². The maximum absolute atomic E-state index is 13.5. The minimum Gasteiger partial charge on any atom is -0.384 e. The molecule has 3 aromatic heterocycles. The summed E-state index contributed by atoms with van der Waals surface area (Å²) in [5.41, 5.74) is 7.88. The molecule has 1 fully saturated rings. The number of nitrogen functional groups attached to an aromatic ring is 1. The van der Waals surface area contributed by atoms with Crippen molar-refractivity contribution in [2.75, 3.05) is 62.1 Å². The van der Waals surface area contributed by atoms with Crippen molar-refractivity contribution >= 4 is 33.4 Å². The normalized spacial score (nSPS) is 16.2. The summed E-state index contributed by atoms with van der Waals surface area (Å²) in [4.78, 5) is 31.2. The third kappa shape index (κ3) is 7.82. The van der Waals surface area contributed by atoms with Crippen LogP contribution in [0.4, 0.5) is 17.5 Å². The summed E-state index contributed by atoms with van der Waals surface area (Å²) in [6.07, 6.45) is 2.65. The van der Waals surface area contributed by atoms with Gasteiger partial charge in [-0.25, -0.2) is 19.7 Å². The first-order valence-corrected chi connectivity index (χ1v) is 16.2. The number of carbonyl (C=O) groups is 1. The standard InChI is InChI=1S/C31H43N7O5S/c1-7-42-15-16-43-14-13-37(6)28-22(3)17-23(19-33-28)25-12-11-24(29(34-25)38-20-21(2)18-31(38,4)5)30(39)36-44(40,41)27-10-8-9-26(32)35-27/h8-12,17,19,21H,7,13-16,18,20H2,1-6H3,(H2,32,35)(H,36,39)/t21-/m0/s1. The van der Waals surface area contributed by atoms with Crippen molar-refractivity contribution in [2.24, 2.45) is 5.92 Å². The van der Waals surface area contributed by atoms with E-state index in [-0.39, 0.29) is 21.9 Å². The van der Waals surface area contributed by atoms with Crippen LogP contribution in [0, 0.1) is 12.8 Å². The molecule has 0 unspecified atom stereocenters. The lowest BCUT2D eigenvalue weighted by Crippen LogP contribution is -2.41. The predicted octanol–water partition coefficient (Wildman–Crippen LogP) is 3.66. The van der Waals surface area contributed by atoms with Crippen LogP contribution in [0.15, 0.2) is 47.6 Å². The van der Waals surface area contributed by atoms with Crippen molar-refractivity contribution in [1.82, 2.24) is 19.7 Å². The number of aromatic nitrogens is 3. The molecule has 3 N–H and O–H groups in total. The molecule has 4 rings (SSSR count). The average Bonchev–Trinajstić information content (AvgIpc) is 3.25. The number of sulfonamides is 1. The second kappa shape index (κ2) is 13.9. The summed E-state index contributed by atoms with van der Waals surface area (Å²) in [6, 6.07) is 9.55. The van der Waals surface area contributed by atoms with Gasteiger partial charge in [0.2, 0.25) is 0 Å². The van der Waals surface area contributed by atoms with Gasteiger partial charge in [0.15, 0.2) is 5.03 Å². The Morgan fingerprint density at radius 3 is 2.57 bits per heavy atom. The number of rotatable bonds is 13. The molecule has 3 aromatic rings. The first-order valence-electron chi connectivity index (χ1n) is 14.7. The zero-order valence-electron chi connectivity index (χ0n) is 26.3. The highest BCUT2D eigenvalue weighted by Crippen LogP contribution is 2.38. The summed E-state index contributed by atoms with van der Waals surface area (Å²) < 4.78 is 39.1. The Hall–Kier alpha value is -3.81. The molecule has 1 atom stereocenters. The number of nitrogens with zero attached hydrogens (tertiary/aromatic N) is 5. The molecule has 0 radical (unpaired) electrons. The van der Waals surface area contributed by atoms with Crippen molar-refractivity contribution in [1.29, 1.82) is 0 Å². The summed E-state index contributed by atoms with van der Waals surface area (Å²) in [5.74, 6) is 0.829. The molecule has 44 heavy (non-hydrogen) atoms. The Morgan fingerprint density at radius 1 is 1.16 bits per heavy atom. The fourth-order valence-corrected chi connectivity index (χ4v) is 6.48. The molecular formula is C31H43N7O5S. The van der Waals surface area contributed by atoms with Crippen LogP contribution >= 0.6 is 0 Å². The number of likely N-dealkylation sites (N-methyl/N-ethyl adjacent to an activating group) is 1. The number of carbonyl (C=O) groups excluding carboxylic acids is 1. The molecule has 0 aliphatic carbocycles. The van der Waals surface area contributed by atoms with Gasteiger partial charge in [-0.3, -0.25) is 4.79 Å². The van der Waals surface area contributed by atoms with Gasteiger partial charge in [-0.05, 0) is 75.9 Å². The predicted molar refractivity (Wildman–Crippen MR) is 171 cm³/mol. The van der Waals surface area contributed by atoms with Crippen LogP contribution in [0.5, 0.6) is 0 Å². The van der Waals surface area contributed by atoms with Crippen LogP contribution in [-0.4, -0.2) is 81.4 Å². The molecular weight excluding hydrogens is 582 g/mol. The Balaban J connectivity index is 1.62. The van der Waals surface area contributed by atoms with Gasteiger partial charge >= 0.3 is 0 Å². The third-order valence-corrected chi connectivity index (χ3v) is 8.78. The summed E-state index contributed by atoms with van der Waals surface area (Å²) in [5, 5.41) is -0.337. The van der Waals surface area contributed by atoms with Crippen molar-refractivity contribution in [2.45, 2.75) is 51.6 Å². The van der Waals surface area contributed by atoms with Gasteiger partial charge < -0.3 is 25.0 Å². The Bertz CT molecular complexity index is 1580. The van der Waals surface area contributed by atoms with E-state index in [2.05, 4.69) is 35.4 Å². The van der Waals surface area contributed by atoms with E-state index in [0.29, 0.717) is 56.9 Å². The van der Waals surface area contributed by atoms with E-state index in [0.717, 1.165) is 23.4 Å². The molecule has 4 heterocycles. The Labute approximate surface area is 260 Å². The fourth-order valence-electron chi connectivity index (χ4n) is 5.54. The van der Waals surface area contributed by atoms with E-state index in [1.54, 1.807) is 18.3 Å². The minimum absolute atomic E-state index is 0.0341. The monoisotopic (exact) mass is 625 g/mol. The number of nitrogens with two attached hydrogens (primary N) is 1. The summed E-state index contributed by atoms with van der Waals surface area (Å²) in [6.45, 7) is 14.0. The highest BCUT2D eigenvalue weighted by Gasteiger charge is 2.39. The van der Waals surface area contributed by atoms with Crippen LogP contribution in [0.2, 0.25) is 0 Å². The lowest BCUT2D eigenvalue weighted by molar-refractivity contribution is 0.0558. The summed E-state index contributed by atoms with van der Waals surface area (Å²) >= 11 is 0. The largest absolute Gasteiger partial charge is 0.384 e. The van der Waals surface area contributed by atoms with E-state index in [1.165, 1.54) is 18.2 Å². The number of anilines is 3. The van der Waals surface area contributed by atoms with E-state index in [1.807, 2.05) is 31.9 Å².